The highest BCUT2D eigenvalue weighted by atomic mass is 16.7. The van der Waals surface area contributed by atoms with Gasteiger partial charge >= 0.3 is 0 Å². The second kappa shape index (κ2) is 4.10. The predicted molar refractivity (Wildman–Crippen MR) is 57.2 cm³/mol. The molecule has 0 N–H and O–H groups in total. The fourth-order valence-electron chi connectivity index (χ4n) is 2.84. The van der Waals surface area contributed by atoms with Crippen LogP contribution in [0.1, 0.15) is 40.5 Å². The molecule has 88 valence electrons. The van der Waals surface area contributed by atoms with Crippen LogP contribution in [0.4, 0.5) is 0 Å². The van der Waals surface area contributed by atoms with Gasteiger partial charge in [0.1, 0.15) is 6.10 Å². The number of carbonyl (C=O) groups excluding carboxylic acids is 1. The molecule has 0 amide bonds. The molecule has 1 heterocycles. The maximum Gasteiger partial charge on any atom is 0.293 e. The minimum Gasteiger partial charge on any atom is -0.464 e. The van der Waals surface area contributed by atoms with Crippen LogP contribution in [0.2, 0.25) is 0 Å². The maximum atomic E-state index is 10.4. The molecule has 0 aromatic rings. The van der Waals surface area contributed by atoms with Gasteiger partial charge in [-0.25, -0.2) is 0 Å². The Morgan fingerprint density at radius 2 is 1.67 bits per heavy atom. The molecule has 4 nitrogen and oxygen atoms in total. The van der Waals surface area contributed by atoms with Crippen molar-refractivity contribution < 1.29 is 14.4 Å². The van der Waals surface area contributed by atoms with Crippen LogP contribution in [0.3, 0.4) is 0 Å². The van der Waals surface area contributed by atoms with Gasteiger partial charge in [-0.2, -0.15) is 5.06 Å². The molecule has 1 rings (SSSR count). The Labute approximate surface area is 91.5 Å². The first-order valence-corrected chi connectivity index (χ1v) is 5.27. The van der Waals surface area contributed by atoms with Crippen molar-refractivity contribution in [3.8, 4) is 0 Å². The van der Waals surface area contributed by atoms with E-state index >= 15 is 0 Å². The quantitative estimate of drug-likeness (QED) is 0.672. The number of hydroxylamine groups is 2. The zero-order valence-electron chi connectivity index (χ0n) is 10.2. The molecule has 0 aromatic heterocycles. The summed E-state index contributed by atoms with van der Waals surface area (Å²) in [5.41, 5.74) is -0.242. The lowest BCUT2D eigenvalue weighted by Crippen LogP contribution is -2.61. The molecule has 1 saturated heterocycles. The average molecular weight is 215 g/mol. The standard InChI is InChI=1S/C11H21NO3/c1-10(2)6-9(15-8-13)7-11(3,4)12(10)14-5/h8-9H,6-7H2,1-5H3. The number of nitrogens with zero attached hydrogens (tertiary/aromatic N) is 1. The summed E-state index contributed by atoms with van der Waals surface area (Å²) >= 11 is 0. The smallest absolute Gasteiger partial charge is 0.293 e. The van der Waals surface area contributed by atoms with Crippen LogP contribution in [0.15, 0.2) is 0 Å². The normalized spacial score (nSPS) is 26.2. The van der Waals surface area contributed by atoms with Crippen molar-refractivity contribution in [3.05, 3.63) is 0 Å². The number of hydrogen-bond acceptors (Lipinski definition) is 4. The summed E-state index contributed by atoms with van der Waals surface area (Å²) < 4.78 is 5.08. The maximum absolute atomic E-state index is 10.4. The zero-order chi connectivity index (χ0) is 11.7. The monoisotopic (exact) mass is 215 g/mol. The fraction of sp³-hybridized carbons (Fsp3) is 0.909. The van der Waals surface area contributed by atoms with E-state index < -0.39 is 0 Å². The van der Waals surface area contributed by atoms with E-state index in [2.05, 4.69) is 27.7 Å². The lowest BCUT2D eigenvalue weighted by atomic mass is 9.80. The molecule has 0 aromatic carbocycles. The van der Waals surface area contributed by atoms with Gasteiger partial charge in [-0.3, -0.25) is 4.79 Å². The SMILES string of the molecule is CON1C(C)(C)CC(OC=O)CC1(C)C. The highest BCUT2D eigenvalue weighted by Crippen LogP contribution is 2.39. The topological polar surface area (TPSA) is 38.8 Å². The first-order valence-electron chi connectivity index (χ1n) is 5.27. The minimum atomic E-state index is -0.121. The van der Waals surface area contributed by atoms with Crippen LogP contribution in [-0.2, 0) is 14.4 Å². The van der Waals surface area contributed by atoms with Gasteiger partial charge in [0.25, 0.3) is 6.47 Å². The third-order valence-corrected chi connectivity index (χ3v) is 2.98. The van der Waals surface area contributed by atoms with Crippen molar-refractivity contribution in [2.24, 2.45) is 0 Å². The number of hydrogen-bond donors (Lipinski definition) is 0. The van der Waals surface area contributed by atoms with Crippen molar-refractivity contribution in [1.29, 1.82) is 0 Å². The van der Waals surface area contributed by atoms with Gasteiger partial charge in [0.05, 0.1) is 7.11 Å². The Balaban J connectivity index is 2.85. The summed E-state index contributed by atoms with van der Waals surface area (Å²) in [6.07, 6.45) is 1.57. The fourth-order valence-corrected chi connectivity index (χ4v) is 2.84. The second-order valence-corrected chi connectivity index (χ2v) is 5.36. The third kappa shape index (κ3) is 2.49. The Hall–Kier alpha value is -0.610. The van der Waals surface area contributed by atoms with Gasteiger partial charge in [0, 0.05) is 23.9 Å². The molecule has 0 bridgehead atoms. The molecular formula is C11H21NO3. The van der Waals surface area contributed by atoms with Crippen molar-refractivity contribution in [3.63, 3.8) is 0 Å². The lowest BCUT2D eigenvalue weighted by molar-refractivity contribution is -0.277. The first-order chi connectivity index (χ1) is 6.83. The molecular weight excluding hydrogens is 194 g/mol. The third-order valence-electron chi connectivity index (χ3n) is 2.98. The summed E-state index contributed by atoms with van der Waals surface area (Å²) in [4.78, 5) is 15.8. The highest BCUT2D eigenvalue weighted by molar-refractivity contribution is 5.37. The molecule has 0 unspecified atom stereocenters. The Bertz CT molecular complexity index is 220. The molecule has 0 aliphatic carbocycles. The average Bonchev–Trinajstić information content (AvgIpc) is 2.00. The predicted octanol–water partition coefficient (Wildman–Crippen LogP) is 1.74. The van der Waals surface area contributed by atoms with Crippen LogP contribution in [0.5, 0.6) is 0 Å². The van der Waals surface area contributed by atoms with E-state index in [0.29, 0.717) is 6.47 Å². The Morgan fingerprint density at radius 3 is 2.00 bits per heavy atom. The van der Waals surface area contributed by atoms with Crippen molar-refractivity contribution in [2.45, 2.75) is 57.7 Å². The van der Waals surface area contributed by atoms with Crippen LogP contribution in [0, 0.1) is 0 Å². The van der Waals surface area contributed by atoms with Crippen molar-refractivity contribution in [1.82, 2.24) is 5.06 Å². The lowest BCUT2D eigenvalue weighted by Gasteiger charge is -2.52. The van der Waals surface area contributed by atoms with Crippen LogP contribution in [-0.4, -0.2) is 35.8 Å². The molecule has 0 atom stereocenters. The molecule has 4 heteroatoms. The molecule has 1 aliphatic rings. The molecule has 0 saturated carbocycles. The number of rotatable bonds is 3. The molecule has 1 aliphatic heterocycles. The number of carbonyl (C=O) groups is 1. The van der Waals surface area contributed by atoms with Gasteiger partial charge in [-0.1, -0.05) is 0 Å². The van der Waals surface area contributed by atoms with Gasteiger partial charge in [-0.15, -0.1) is 0 Å². The van der Waals surface area contributed by atoms with Crippen LogP contribution >= 0.6 is 0 Å². The van der Waals surface area contributed by atoms with E-state index in [1.807, 2.05) is 5.06 Å². The van der Waals surface area contributed by atoms with Crippen LogP contribution < -0.4 is 0 Å². The van der Waals surface area contributed by atoms with E-state index in [1.54, 1.807) is 7.11 Å². The number of piperidine rings is 1. The number of ether oxygens (including phenoxy) is 1. The molecule has 1 fully saturated rings. The largest absolute Gasteiger partial charge is 0.464 e. The summed E-state index contributed by atoms with van der Waals surface area (Å²) in [5, 5.41) is 1.99. The van der Waals surface area contributed by atoms with E-state index in [4.69, 9.17) is 9.57 Å². The molecule has 0 radical (unpaired) electrons. The van der Waals surface area contributed by atoms with Gasteiger partial charge < -0.3 is 9.57 Å². The Kier molecular flexibility index (Phi) is 3.41. The minimum absolute atomic E-state index is 0.0149. The van der Waals surface area contributed by atoms with Gasteiger partial charge in [0.2, 0.25) is 0 Å². The van der Waals surface area contributed by atoms with Gasteiger partial charge in [-0.05, 0) is 27.7 Å². The summed E-state index contributed by atoms with van der Waals surface area (Å²) in [6.45, 7) is 8.92. The molecule has 15 heavy (non-hydrogen) atoms. The summed E-state index contributed by atoms with van der Waals surface area (Å²) in [6, 6.07) is 0. The van der Waals surface area contributed by atoms with Crippen molar-refractivity contribution >= 4 is 6.47 Å². The van der Waals surface area contributed by atoms with E-state index in [0.717, 1.165) is 12.8 Å². The van der Waals surface area contributed by atoms with Crippen molar-refractivity contribution in [2.75, 3.05) is 7.11 Å². The van der Waals surface area contributed by atoms with E-state index in [1.165, 1.54) is 0 Å². The first kappa shape index (κ1) is 12.5. The van der Waals surface area contributed by atoms with Crippen LogP contribution in [0.25, 0.3) is 0 Å². The molecule has 0 spiro atoms. The van der Waals surface area contributed by atoms with E-state index in [9.17, 15) is 4.79 Å². The van der Waals surface area contributed by atoms with Gasteiger partial charge in [0.15, 0.2) is 0 Å². The summed E-state index contributed by atoms with van der Waals surface area (Å²) in [5.74, 6) is 0. The summed E-state index contributed by atoms with van der Waals surface area (Å²) in [7, 11) is 1.68. The van der Waals surface area contributed by atoms with E-state index in [-0.39, 0.29) is 17.2 Å². The highest BCUT2D eigenvalue weighted by Gasteiger charge is 2.46. The zero-order valence-corrected chi connectivity index (χ0v) is 10.2. The second-order valence-electron chi connectivity index (χ2n) is 5.36. The Morgan fingerprint density at radius 1 is 1.20 bits per heavy atom.